The first-order valence-electron chi connectivity index (χ1n) is 8.81. The van der Waals surface area contributed by atoms with Crippen LogP contribution in [0.1, 0.15) is 52.4 Å². The van der Waals surface area contributed by atoms with E-state index in [2.05, 4.69) is 20.4 Å². The molecule has 0 aromatic rings. The molecule has 4 heteroatoms. The molecule has 1 saturated carbocycles. The number of alkyl halides is 1. The van der Waals surface area contributed by atoms with Gasteiger partial charge in [0.2, 0.25) is 0 Å². The molecule has 0 N–H and O–H groups in total. The zero-order chi connectivity index (χ0) is 17.1. The number of hydrogen-bond donors (Lipinski definition) is 0. The van der Waals surface area contributed by atoms with Crippen molar-refractivity contribution in [1.29, 1.82) is 0 Å². The van der Waals surface area contributed by atoms with Crippen molar-refractivity contribution in [2.24, 2.45) is 17.3 Å². The smallest absolute Gasteiger partial charge is 0.147 e. The summed E-state index contributed by atoms with van der Waals surface area (Å²) >= 11 is 5.73. The van der Waals surface area contributed by atoms with Crippen LogP contribution in [0, 0.1) is 17.3 Å². The lowest BCUT2D eigenvalue weighted by molar-refractivity contribution is -0.129. The molecule has 5 unspecified atom stereocenters. The number of ether oxygens (including phenoxy) is 2. The van der Waals surface area contributed by atoms with Gasteiger partial charge in [-0.05, 0) is 37.0 Å². The molecule has 3 nitrogen and oxygen atoms in total. The SMILES string of the molecule is C=CCCC(C)(CC)C1C(OC)C(CC(=O)CCl)CCC12CO2. The van der Waals surface area contributed by atoms with Crippen LogP contribution in [-0.4, -0.2) is 37.1 Å². The van der Waals surface area contributed by atoms with Crippen LogP contribution in [0.5, 0.6) is 0 Å². The van der Waals surface area contributed by atoms with Gasteiger partial charge in [0.05, 0.1) is 24.2 Å². The normalized spacial score (nSPS) is 35.7. The molecular formula is C19H31ClO3. The van der Waals surface area contributed by atoms with E-state index in [9.17, 15) is 4.79 Å². The molecule has 2 rings (SSSR count). The van der Waals surface area contributed by atoms with Gasteiger partial charge in [-0.3, -0.25) is 4.79 Å². The van der Waals surface area contributed by atoms with Gasteiger partial charge in [0.15, 0.2) is 0 Å². The minimum atomic E-state index is -0.0346. The molecule has 23 heavy (non-hydrogen) atoms. The molecular weight excluding hydrogens is 312 g/mol. The van der Waals surface area contributed by atoms with Gasteiger partial charge in [-0.15, -0.1) is 18.2 Å². The first kappa shape index (κ1) is 19.0. The number of Topliss-reactive ketones (excluding diaryl/α,β-unsaturated/α-hetero) is 1. The molecule has 0 aromatic heterocycles. The number of halogens is 1. The maximum Gasteiger partial charge on any atom is 0.147 e. The highest BCUT2D eigenvalue weighted by molar-refractivity contribution is 6.27. The zero-order valence-electron chi connectivity index (χ0n) is 14.8. The fourth-order valence-corrected chi connectivity index (χ4v) is 4.76. The minimum absolute atomic E-state index is 0.0346. The van der Waals surface area contributed by atoms with Crippen molar-refractivity contribution in [2.75, 3.05) is 19.6 Å². The summed E-state index contributed by atoms with van der Waals surface area (Å²) in [5.41, 5.74) is 0.0984. The van der Waals surface area contributed by atoms with E-state index in [0.717, 1.165) is 38.7 Å². The van der Waals surface area contributed by atoms with Gasteiger partial charge in [0.1, 0.15) is 5.78 Å². The molecule has 2 fully saturated rings. The lowest BCUT2D eigenvalue weighted by atomic mass is 9.57. The van der Waals surface area contributed by atoms with Crippen molar-refractivity contribution in [2.45, 2.75) is 64.1 Å². The summed E-state index contributed by atoms with van der Waals surface area (Å²) in [6, 6.07) is 0. The second-order valence-corrected chi connectivity index (χ2v) is 7.81. The predicted octanol–water partition coefficient (Wildman–Crippen LogP) is 4.38. The van der Waals surface area contributed by atoms with Crippen LogP contribution in [0.3, 0.4) is 0 Å². The third kappa shape index (κ3) is 3.83. The molecule has 0 aromatic carbocycles. The maximum atomic E-state index is 11.9. The average molecular weight is 343 g/mol. The van der Waals surface area contributed by atoms with Gasteiger partial charge in [0, 0.05) is 19.4 Å². The quantitative estimate of drug-likeness (QED) is 0.354. The van der Waals surface area contributed by atoms with Gasteiger partial charge >= 0.3 is 0 Å². The van der Waals surface area contributed by atoms with E-state index in [4.69, 9.17) is 21.1 Å². The third-order valence-electron chi connectivity index (χ3n) is 6.20. The number of rotatable bonds is 9. The van der Waals surface area contributed by atoms with Gasteiger partial charge in [-0.25, -0.2) is 0 Å². The Labute approximate surface area is 145 Å². The van der Waals surface area contributed by atoms with Crippen LogP contribution in [0.15, 0.2) is 12.7 Å². The van der Waals surface area contributed by atoms with E-state index in [1.807, 2.05) is 6.08 Å². The Morgan fingerprint density at radius 2 is 2.26 bits per heavy atom. The molecule has 5 atom stereocenters. The van der Waals surface area contributed by atoms with Crippen molar-refractivity contribution in [3.63, 3.8) is 0 Å². The molecule has 1 spiro atoms. The summed E-state index contributed by atoms with van der Waals surface area (Å²) in [4.78, 5) is 11.9. The zero-order valence-corrected chi connectivity index (χ0v) is 15.5. The molecule has 0 radical (unpaired) electrons. The number of ketones is 1. The van der Waals surface area contributed by atoms with Crippen molar-refractivity contribution in [3.8, 4) is 0 Å². The number of allylic oxidation sites excluding steroid dienone is 1. The molecule has 0 bridgehead atoms. The molecule has 2 aliphatic rings. The molecule has 0 amide bonds. The Morgan fingerprint density at radius 3 is 2.74 bits per heavy atom. The van der Waals surface area contributed by atoms with Gasteiger partial charge < -0.3 is 9.47 Å². The molecule has 1 saturated heterocycles. The van der Waals surface area contributed by atoms with E-state index in [-0.39, 0.29) is 34.7 Å². The van der Waals surface area contributed by atoms with E-state index < -0.39 is 0 Å². The topological polar surface area (TPSA) is 38.8 Å². The molecule has 1 heterocycles. The van der Waals surface area contributed by atoms with E-state index in [1.165, 1.54) is 0 Å². The molecule has 132 valence electrons. The highest BCUT2D eigenvalue weighted by Crippen LogP contribution is 2.58. The number of hydrogen-bond acceptors (Lipinski definition) is 3. The minimum Gasteiger partial charge on any atom is -0.381 e. The van der Waals surface area contributed by atoms with Crippen LogP contribution in [0.4, 0.5) is 0 Å². The Hall–Kier alpha value is -0.380. The molecule has 1 aliphatic carbocycles. The lowest BCUT2D eigenvalue weighted by Crippen LogP contribution is -2.53. The van der Waals surface area contributed by atoms with Crippen LogP contribution in [0.25, 0.3) is 0 Å². The largest absolute Gasteiger partial charge is 0.381 e. The Bertz CT molecular complexity index is 432. The molecule has 1 aliphatic heterocycles. The summed E-state index contributed by atoms with van der Waals surface area (Å²) in [6.45, 7) is 9.31. The fourth-order valence-electron chi connectivity index (χ4n) is 4.65. The monoisotopic (exact) mass is 342 g/mol. The Kier molecular flexibility index (Phi) is 6.32. The highest BCUT2D eigenvalue weighted by Gasteiger charge is 2.63. The summed E-state index contributed by atoms with van der Waals surface area (Å²) in [5.74, 6) is 0.794. The lowest BCUT2D eigenvalue weighted by Gasteiger charge is -2.50. The second-order valence-electron chi connectivity index (χ2n) is 7.54. The van der Waals surface area contributed by atoms with Crippen molar-refractivity contribution in [1.82, 2.24) is 0 Å². The number of epoxide rings is 1. The predicted molar refractivity (Wildman–Crippen MR) is 93.9 cm³/mol. The first-order chi connectivity index (χ1) is 11.0. The Balaban J connectivity index is 2.26. The second kappa shape index (κ2) is 7.67. The summed E-state index contributed by atoms with van der Waals surface area (Å²) in [5, 5.41) is 0. The number of methoxy groups -OCH3 is 1. The van der Waals surface area contributed by atoms with E-state index >= 15 is 0 Å². The summed E-state index contributed by atoms with van der Waals surface area (Å²) in [7, 11) is 1.78. The van der Waals surface area contributed by atoms with Crippen molar-refractivity contribution in [3.05, 3.63) is 12.7 Å². The van der Waals surface area contributed by atoms with Gasteiger partial charge in [0.25, 0.3) is 0 Å². The van der Waals surface area contributed by atoms with E-state index in [0.29, 0.717) is 12.3 Å². The van der Waals surface area contributed by atoms with Crippen LogP contribution in [-0.2, 0) is 14.3 Å². The van der Waals surface area contributed by atoms with Gasteiger partial charge in [-0.2, -0.15) is 0 Å². The summed E-state index contributed by atoms with van der Waals surface area (Å²) < 4.78 is 11.9. The van der Waals surface area contributed by atoms with Crippen LogP contribution in [0.2, 0.25) is 0 Å². The standard InChI is InChI=1S/C19H31ClO3/c1-5-7-9-18(3,6-2)17-16(22-4)14(11-15(21)12-20)8-10-19(17)13-23-19/h5,14,16-17H,1,6-13H2,2-4H3. The van der Waals surface area contributed by atoms with Crippen LogP contribution < -0.4 is 0 Å². The van der Waals surface area contributed by atoms with Crippen LogP contribution >= 0.6 is 11.6 Å². The third-order valence-corrected chi connectivity index (χ3v) is 6.50. The summed E-state index contributed by atoms with van der Waals surface area (Å²) in [6.07, 6.45) is 7.75. The van der Waals surface area contributed by atoms with E-state index in [1.54, 1.807) is 7.11 Å². The maximum absolute atomic E-state index is 11.9. The number of carbonyl (C=O) groups is 1. The Morgan fingerprint density at radius 1 is 1.57 bits per heavy atom. The first-order valence-corrected chi connectivity index (χ1v) is 9.35. The van der Waals surface area contributed by atoms with Crippen molar-refractivity contribution < 1.29 is 14.3 Å². The fraction of sp³-hybridized carbons (Fsp3) is 0.842. The highest BCUT2D eigenvalue weighted by atomic mass is 35.5. The van der Waals surface area contributed by atoms with Gasteiger partial charge in [-0.1, -0.05) is 26.3 Å². The van der Waals surface area contributed by atoms with Crippen molar-refractivity contribution >= 4 is 17.4 Å². The number of carbonyl (C=O) groups excluding carboxylic acids is 1. The average Bonchev–Trinajstić information content (AvgIpc) is 3.33.